The van der Waals surface area contributed by atoms with Crippen LogP contribution in [0.2, 0.25) is 0 Å². The van der Waals surface area contributed by atoms with E-state index in [1.807, 2.05) is 24.3 Å². The van der Waals surface area contributed by atoms with Crippen molar-refractivity contribution in [3.8, 4) is 0 Å². The highest BCUT2D eigenvalue weighted by Crippen LogP contribution is 2.20. The van der Waals surface area contributed by atoms with Gasteiger partial charge in [-0.3, -0.25) is 0 Å². The van der Waals surface area contributed by atoms with Crippen molar-refractivity contribution < 1.29 is 9.47 Å². The molecule has 1 aromatic rings. The van der Waals surface area contributed by atoms with E-state index in [1.165, 1.54) is 0 Å². The minimum Gasteiger partial charge on any atom is -0.379 e. The summed E-state index contributed by atoms with van der Waals surface area (Å²) in [6.45, 7) is 6.69. The molecule has 1 aromatic carbocycles. The minimum absolute atomic E-state index is 0.0647. The van der Waals surface area contributed by atoms with Crippen LogP contribution in [0.5, 0.6) is 0 Å². The predicted octanol–water partition coefficient (Wildman–Crippen LogP) is 3.14. The summed E-state index contributed by atoms with van der Waals surface area (Å²) in [4.78, 5) is 0. The Morgan fingerprint density at radius 2 is 2.06 bits per heavy atom. The highest BCUT2D eigenvalue weighted by Gasteiger charge is 2.10. The lowest BCUT2D eigenvalue weighted by atomic mass is 10.1. The number of rotatable bonds is 8. The minimum atomic E-state index is -0.0647. The monoisotopic (exact) mass is 315 g/mol. The fraction of sp³-hybridized carbons (Fsp3) is 0.571. The molecule has 0 heterocycles. The molecular formula is C14H22BrNO2. The van der Waals surface area contributed by atoms with E-state index >= 15 is 0 Å². The molecule has 1 rings (SSSR count). The quantitative estimate of drug-likeness (QED) is 0.749. The fourth-order valence-electron chi connectivity index (χ4n) is 1.58. The van der Waals surface area contributed by atoms with Crippen LogP contribution in [0.25, 0.3) is 0 Å². The van der Waals surface area contributed by atoms with Gasteiger partial charge in [-0.1, -0.05) is 41.9 Å². The Labute approximate surface area is 118 Å². The molecule has 1 unspecified atom stereocenters. The van der Waals surface area contributed by atoms with E-state index in [2.05, 4.69) is 29.8 Å². The van der Waals surface area contributed by atoms with Crippen LogP contribution >= 0.6 is 15.9 Å². The van der Waals surface area contributed by atoms with E-state index < -0.39 is 0 Å². The van der Waals surface area contributed by atoms with Crippen LogP contribution in [-0.2, 0) is 9.47 Å². The largest absolute Gasteiger partial charge is 0.379 e. The van der Waals surface area contributed by atoms with Crippen molar-refractivity contribution in [2.24, 2.45) is 11.7 Å². The van der Waals surface area contributed by atoms with Crippen molar-refractivity contribution in [1.82, 2.24) is 0 Å². The number of halogens is 1. The first-order valence-corrected chi connectivity index (χ1v) is 7.07. The Bertz CT molecular complexity index is 344. The van der Waals surface area contributed by atoms with Crippen LogP contribution in [0.1, 0.15) is 25.5 Å². The molecule has 1 atom stereocenters. The predicted molar refractivity (Wildman–Crippen MR) is 77.5 cm³/mol. The van der Waals surface area contributed by atoms with E-state index in [-0.39, 0.29) is 6.10 Å². The highest BCUT2D eigenvalue weighted by molar-refractivity contribution is 9.10. The van der Waals surface area contributed by atoms with Crippen LogP contribution in [0.4, 0.5) is 0 Å². The molecule has 4 heteroatoms. The third-order valence-electron chi connectivity index (χ3n) is 2.43. The number of hydrogen-bond donors (Lipinski definition) is 1. The zero-order valence-corrected chi connectivity index (χ0v) is 12.7. The lowest BCUT2D eigenvalue weighted by Crippen LogP contribution is -2.18. The molecule has 0 fully saturated rings. The van der Waals surface area contributed by atoms with E-state index in [0.717, 1.165) is 16.6 Å². The second-order valence-corrected chi connectivity index (χ2v) is 5.53. The van der Waals surface area contributed by atoms with Crippen LogP contribution in [0.15, 0.2) is 28.7 Å². The molecule has 0 radical (unpaired) electrons. The lowest BCUT2D eigenvalue weighted by molar-refractivity contribution is 0.00176. The normalized spacial score (nSPS) is 12.9. The molecule has 0 aliphatic carbocycles. The van der Waals surface area contributed by atoms with Crippen molar-refractivity contribution in [2.45, 2.75) is 20.0 Å². The third kappa shape index (κ3) is 5.96. The van der Waals surface area contributed by atoms with Gasteiger partial charge in [-0.25, -0.2) is 0 Å². The van der Waals surface area contributed by atoms with E-state index in [9.17, 15) is 0 Å². The van der Waals surface area contributed by atoms with Crippen LogP contribution in [0.3, 0.4) is 0 Å². The number of nitrogens with two attached hydrogens (primary N) is 1. The van der Waals surface area contributed by atoms with Gasteiger partial charge in [0.15, 0.2) is 0 Å². The Balaban J connectivity index is 2.34. The average molecular weight is 316 g/mol. The van der Waals surface area contributed by atoms with E-state index in [4.69, 9.17) is 15.2 Å². The van der Waals surface area contributed by atoms with Crippen LogP contribution in [0, 0.1) is 5.92 Å². The summed E-state index contributed by atoms with van der Waals surface area (Å²) in [6.07, 6.45) is -0.0647. The number of benzene rings is 1. The van der Waals surface area contributed by atoms with Gasteiger partial charge in [0.2, 0.25) is 0 Å². The van der Waals surface area contributed by atoms with Gasteiger partial charge in [-0.15, -0.1) is 0 Å². The van der Waals surface area contributed by atoms with Gasteiger partial charge < -0.3 is 15.2 Å². The summed E-state index contributed by atoms with van der Waals surface area (Å²) >= 11 is 3.45. The molecule has 0 saturated carbocycles. The third-order valence-corrected chi connectivity index (χ3v) is 2.93. The first-order valence-electron chi connectivity index (χ1n) is 6.28. The van der Waals surface area contributed by atoms with Gasteiger partial charge in [0, 0.05) is 17.6 Å². The Kier molecular flexibility index (Phi) is 7.51. The highest BCUT2D eigenvalue weighted by atomic mass is 79.9. The molecule has 102 valence electrons. The first kappa shape index (κ1) is 15.6. The van der Waals surface area contributed by atoms with Gasteiger partial charge in [-0.05, 0) is 23.6 Å². The molecule has 0 aromatic heterocycles. The first-order chi connectivity index (χ1) is 8.63. The van der Waals surface area contributed by atoms with Gasteiger partial charge in [0.05, 0.1) is 19.3 Å². The number of ether oxygens (including phenoxy) is 2. The molecular weight excluding hydrogens is 294 g/mol. The molecule has 0 bridgehead atoms. The molecule has 0 saturated heterocycles. The molecule has 18 heavy (non-hydrogen) atoms. The van der Waals surface area contributed by atoms with Gasteiger partial charge in [-0.2, -0.15) is 0 Å². The summed E-state index contributed by atoms with van der Waals surface area (Å²) in [6, 6.07) is 8.04. The standard InChI is InChI=1S/C14H22BrNO2/c1-11(2)10-17-6-7-18-14(9-16)12-4-3-5-13(15)8-12/h3-5,8,11,14H,6-7,9-10,16H2,1-2H3. The summed E-state index contributed by atoms with van der Waals surface area (Å²) in [5, 5.41) is 0. The molecule has 0 aliphatic heterocycles. The molecule has 2 N–H and O–H groups in total. The summed E-state index contributed by atoms with van der Waals surface area (Å²) < 4.78 is 12.3. The summed E-state index contributed by atoms with van der Waals surface area (Å²) in [5.41, 5.74) is 6.83. The zero-order chi connectivity index (χ0) is 13.4. The van der Waals surface area contributed by atoms with E-state index in [0.29, 0.717) is 25.7 Å². The summed E-state index contributed by atoms with van der Waals surface area (Å²) in [5.74, 6) is 0.556. The Morgan fingerprint density at radius 1 is 1.28 bits per heavy atom. The van der Waals surface area contributed by atoms with Gasteiger partial charge >= 0.3 is 0 Å². The smallest absolute Gasteiger partial charge is 0.0948 e. The van der Waals surface area contributed by atoms with Gasteiger partial charge in [0.25, 0.3) is 0 Å². The van der Waals surface area contributed by atoms with Crippen LogP contribution < -0.4 is 5.73 Å². The summed E-state index contributed by atoms with van der Waals surface area (Å²) in [7, 11) is 0. The second kappa shape index (κ2) is 8.64. The molecule has 0 amide bonds. The maximum absolute atomic E-state index is 5.74. The lowest BCUT2D eigenvalue weighted by Gasteiger charge is -2.17. The molecule has 0 spiro atoms. The topological polar surface area (TPSA) is 44.5 Å². The Morgan fingerprint density at radius 3 is 2.67 bits per heavy atom. The Hall–Kier alpha value is -0.420. The van der Waals surface area contributed by atoms with Crippen LogP contribution in [-0.4, -0.2) is 26.4 Å². The second-order valence-electron chi connectivity index (χ2n) is 4.62. The molecule has 3 nitrogen and oxygen atoms in total. The van der Waals surface area contributed by atoms with Crippen molar-refractivity contribution in [3.05, 3.63) is 34.3 Å². The SMILES string of the molecule is CC(C)COCCOC(CN)c1cccc(Br)c1. The van der Waals surface area contributed by atoms with Gasteiger partial charge in [0.1, 0.15) is 0 Å². The zero-order valence-electron chi connectivity index (χ0n) is 11.1. The fourth-order valence-corrected chi connectivity index (χ4v) is 1.99. The molecule has 0 aliphatic rings. The van der Waals surface area contributed by atoms with E-state index in [1.54, 1.807) is 0 Å². The number of hydrogen-bond acceptors (Lipinski definition) is 3. The maximum atomic E-state index is 5.74. The van der Waals surface area contributed by atoms with Crippen molar-refractivity contribution >= 4 is 15.9 Å². The maximum Gasteiger partial charge on any atom is 0.0948 e. The van der Waals surface area contributed by atoms with Crippen molar-refractivity contribution in [2.75, 3.05) is 26.4 Å². The van der Waals surface area contributed by atoms with Crippen molar-refractivity contribution in [1.29, 1.82) is 0 Å². The average Bonchev–Trinajstić information content (AvgIpc) is 2.33. The van der Waals surface area contributed by atoms with Crippen molar-refractivity contribution in [3.63, 3.8) is 0 Å².